The fourth-order valence-electron chi connectivity index (χ4n) is 1.92. The Bertz CT molecular complexity index is 396. The van der Waals surface area contributed by atoms with Crippen LogP contribution in [0.1, 0.15) is 23.3 Å². The average Bonchev–Trinajstić information content (AvgIpc) is 2.76. The van der Waals surface area contributed by atoms with Crippen LogP contribution in [-0.4, -0.2) is 45.1 Å². The van der Waals surface area contributed by atoms with Gasteiger partial charge in [-0.3, -0.25) is 9.78 Å². The molecule has 0 radical (unpaired) electrons. The Morgan fingerprint density at radius 3 is 3.12 bits per heavy atom. The zero-order valence-corrected chi connectivity index (χ0v) is 8.83. The van der Waals surface area contributed by atoms with E-state index in [1.54, 1.807) is 4.90 Å². The SMILES string of the molecule is Nc1cncc(C(=O)N2CCCC2CO)n1. The van der Waals surface area contributed by atoms with E-state index in [1.807, 2.05) is 0 Å². The van der Waals surface area contributed by atoms with Gasteiger partial charge in [-0.25, -0.2) is 4.98 Å². The molecular weight excluding hydrogens is 208 g/mol. The number of likely N-dealkylation sites (tertiary alicyclic amines) is 1. The van der Waals surface area contributed by atoms with Crippen molar-refractivity contribution in [3.8, 4) is 0 Å². The van der Waals surface area contributed by atoms with Crippen molar-refractivity contribution < 1.29 is 9.90 Å². The number of nitrogens with two attached hydrogens (primary N) is 1. The first-order valence-corrected chi connectivity index (χ1v) is 5.21. The summed E-state index contributed by atoms with van der Waals surface area (Å²) < 4.78 is 0. The molecule has 3 N–H and O–H groups in total. The summed E-state index contributed by atoms with van der Waals surface area (Å²) in [7, 11) is 0. The van der Waals surface area contributed by atoms with E-state index in [1.165, 1.54) is 12.4 Å². The summed E-state index contributed by atoms with van der Waals surface area (Å²) in [4.78, 5) is 21.4. The predicted molar refractivity (Wildman–Crippen MR) is 57.6 cm³/mol. The van der Waals surface area contributed by atoms with E-state index < -0.39 is 0 Å². The molecule has 1 fully saturated rings. The molecule has 1 amide bonds. The zero-order chi connectivity index (χ0) is 11.5. The van der Waals surface area contributed by atoms with Gasteiger partial charge in [0.25, 0.3) is 5.91 Å². The fraction of sp³-hybridized carbons (Fsp3) is 0.500. The van der Waals surface area contributed by atoms with E-state index in [-0.39, 0.29) is 30.1 Å². The van der Waals surface area contributed by atoms with E-state index in [9.17, 15) is 4.79 Å². The van der Waals surface area contributed by atoms with Crippen molar-refractivity contribution in [1.29, 1.82) is 0 Å². The van der Waals surface area contributed by atoms with Crippen LogP contribution in [0.5, 0.6) is 0 Å². The van der Waals surface area contributed by atoms with Crippen LogP contribution in [0.4, 0.5) is 5.82 Å². The number of aromatic nitrogens is 2. The van der Waals surface area contributed by atoms with Crippen molar-refractivity contribution in [2.45, 2.75) is 18.9 Å². The number of anilines is 1. The quantitative estimate of drug-likeness (QED) is 0.714. The van der Waals surface area contributed by atoms with Crippen molar-refractivity contribution >= 4 is 11.7 Å². The number of amides is 1. The van der Waals surface area contributed by atoms with Gasteiger partial charge in [0.15, 0.2) is 0 Å². The predicted octanol–water partition coefficient (Wildman–Crippen LogP) is -0.344. The molecule has 0 aromatic carbocycles. The molecule has 6 nitrogen and oxygen atoms in total. The first kappa shape index (κ1) is 10.8. The lowest BCUT2D eigenvalue weighted by atomic mass is 10.2. The van der Waals surface area contributed by atoms with Gasteiger partial charge in [-0.1, -0.05) is 0 Å². The van der Waals surface area contributed by atoms with Crippen LogP contribution >= 0.6 is 0 Å². The van der Waals surface area contributed by atoms with Crippen LogP contribution < -0.4 is 5.73 Å². The molecule has 1 saturated heterocycles. The molecule has 86 valence electrons. The van der Waals surface area contributed by atoms with Gasteiger partial charge in [0, 0.05) is 6.54 Å². The maximum Gasteiger partial charge on any atom is 0.274 e. The van der Waals surface area contributed by atoms with Crippen molar-refractivity contribution in [3.05, 3.63) is 18.1 Å². The average molecular weight is 222 g/mol. The largest absolute Gasteiger partial charge is 0.394 e. The van der Waals surface area contributed by atoms with E-state index >= 15 is 0 Å². The second-order valence-electron chi connectivity index (χ2n) is 3.81. The minimum absolute atomic E-state index is 0.0124. The molecule has 6 heteroatoms. The van der Waals surface area contributed by atoms with Crippen molar-refractivity contribution in [1.82, 2.24) is 14.9 Å². The summed E-state index contributed by atoms with van der Waals surface area (Å²) in [5.41, 5.74) is 5.70. The molecular formula is C10H14N4O2. The Morgan fingerprint density at radius 2 is 2.44 bits per heavy atom. The molecule has 1 atom stereocenters. The monoisotopic (exact) mass is 222 g/mol. The number of carbonyl (C=O) groups excluding carboxylic acids is 1. The molecule has 0 saturated carbocycles. The van der Waals surface area contributed by atoms with Gasteiger partial charge in [0.05, 0.1) is 25.0 Å². The first-order valence-electron chi connectivity index (χ1n) is 5.21. The van der Waals surface area contributed by atoms with Crippen LogP contribution in [-0.2, 0) is 0 Å². The molecule has 1 unspecified atom stereocenters. The van der Waals surface area contributed by atoms with Crippen molar-refractivity contribution in [2.75, 3.05) is 18.9 Å². The van der Waals surface area contributed by atoms with Crippen LogP contribution in [0.2, 0.25) is 0 Å². The third-order valence-corrected chi connectivity index (χ3v) is 2.72. The summed E-state index contributed by atoms with van der Waals surface area (Å²) in [5, 5.41) is 9.13. The third kappa shape index (κ3) is 1.96. The summed E-state index contributed by atoms with van der Waals surface area (Å²) in [5.74, 6) is 0.0157. The van der Waals surface area contributed by atoms with Gasteiger partial charge in [-0.15, -0.1) is 0 Å². The molecule has 16 heavy (non-hydrogen) atoms. The topological polar surface area (TPSA) is 92.3 Å². The number of aliphatic hydroxyl groups excluding tert-OH is 1. The third-order valence-electron chi connectivity index (χ3n) is 2.72. The minimum atomic E-state index is -0.212. The van der Waals surface area contributed by atoms with Crippen molar-refractivity contribution in [2.24, 2.45) is 0 Å². The number of nitrogen functional groups attached to an aromatic ring is 1. The van der Waals surface area contributed by atoms with Gasteiger partial charge in [0.1, 0.15) is 11.5 Å². The molecule has 2 rings (SSSR count). The minimum Gasteiger partial charge on any atom is -0.394 e. The zero-order valence-electron chi connectivity index (χ0n) is 8.83. The highest BCUT2D eigenvalue weighted by Crippen LogP contribution is 2.18. The number of aliphatic hydroxyl groups is 1. The van der Waals surface area contributed by atoms with E-state index in [0.29, 0.717) is 6.54 Å². The molecule has 1 aromatic rings. The number of carbonyl (C=O) groups is 1. The van der Waals surface area contributed by atoms with Gasteiger partial charge >= 0.3 is 0 Å². The first-order chi connectivity index (χ1) is 7.72. The van der Waals surface area contributed by atoms with Gasteiger partial charge in [0.2, 0.25) is 0 Å². The number of rotatable bonds is 2. The Morgan fingerprint density at radius 1 is 1.62 bits per heavy atom. The second kappa shape index (κ2) is 4.44. The van der Waals surface area contributed by atoms with Crippen LogP contribution in [0.15, 0.2) is 12.4 Å². The summed E-state index contributed by atoms with van der Waals surface area (Å²) in [6, 6.07) is -0.101. The van der Waals surface area contributed by atoms with Gasteiger partial charge in [-0.2, -0.15) is 0 Å². The van der Waals surface area contributed by atoms with E-state index in [2.05, 4.69) is 9.97 Å². The smallest absolute Gasteiger partial charge is 0.274 e. The Balaban J connectivity index is 2.18. The number of hydrogen-bond acceptors (Lipinski definition) is 5. The van der Waals surface area contributed by atoms with E-state index in [4.69, 9.17) is 10.8 Å². The highest BCUT2D eigenvalue weighted by Gasteiger charge is 2.29. The van der Waals surface area contributed by atoms with Gasteiger partial charge in [-0.05, 0) is 12.8 Å². The highest BCUT2D eigenvalue weighted by atomic mass is 16.3. The molecule has 1 aliphatic rings. The van der Waals surface area contributed by atoms with Crippen molar-refractivity contribution in [3.63, 3.8) is 0 Å². The maximum absolute atomic E-state index is 12.0. The standard InChI is InChI=1S/C10H14N4O2/c11-9-5-12-4-8(13-9)10(16)14-3-1-2-7(14)6-15/h4-5,7,15H,1-3,6H2,(H2,11,13). The summed E-state index contributed by atoms with van der Waals surface area (Å²) in [6.45, 7) is 0.641. The Kier molecular flexibility index (Phi) is 3.00. The molecule has 1 aromatic heterocycles. The molecule has 0 bridgehead atoms. The lowest BCUT2D eigenvalue weighted by Gasteiger charge is -2.22. The molecule has 0 spiro atoms. The Hall–Kier alpha value is -1.69. The Labute approximate surface area is 93.1 Å². The lowest BCUT2D eigenvalue weighted by molar-refractivity contribution is 0.0671. The molecule has 2 heterocycles. The molecule has 1 aliphatic heterocycles. The lowest BCUT2D eigenvalue weighted by Crippen LogP contribution is -2.38. The summed E-state index contributed by atoms with van der Waals surface area (Å²) >= 11 is 0. The van der Waals surface area contributed by atoms with Crippen LogP contribution in [0.25, 0.3) is 0 Å². The number of hydrogen-bond donors (Lipinski definition) is 2. The summed E-state index contributed by atoms with van der Waals surface area (Å²) in [6.07, 6.45) is 4.53. The highest BCUT2D eigenvalue weighted by molar-refractivity contribution is 5.92. The van der Waals surface area contributed by atoms with Gasteiger partial charge < -0.3 is 15.7 Å². The fourth-order valence-corrected chi connectivity index (χ4v) is 1.92. The van der Waals surface area contributed by atoms with Crippen LogP contribution in [0, 0.1) is 0 Å². The van der Waals surface area contributed by atoms with E-state index in [0.717, 1.165) is 12.8 Å². The molecule has 0 aliphatic carbocycles. The number of nitrogens with zero attached hydrogens (tertiary/aromatic N) is 3. The normalized spacial score (nSPS) is 20.1. The second-order valence-corrected chi connectivity index (χ2v) is 3.81. The van der Waals surface area contributed by atoms with Crippen LogP contribution in [0.3, 0.4) is 0 Å². The maximum atomic E-state index is 12.0.